The van der Waals surface area contributed by atoms with Crippen LogP contribution in [0, 0.1) is 11.6 Å². The molecule has 4 heteroatoms. The molecule has 0 amide bonds. The summed E-state index contributed by atoms with van der Waals surface area (Å²) < 4.78 is 26.7. The number of hydrogen-bond acceptors (Lipinski definition) is 1. The van der Waals surface area contributed by atoms with Gasteiger partial charge in [-0.1, -0.05) is 17.7 Å². The first-order chi connectivity index (χ1) is 8.61. The summed E-state index contributed by atoms with van der Waals surface area (Å²) in [5.74, 6) is -0.658. The van der Waals surface area contributed by atoms with Crippen molar-refractivity contribution in [3.8, 4) is 11.1 Å². The van der Waals surface area contributed by atoms with Gasteiger partial charge in [0, 0.05) is 22.7 Å². The third-order valence-electron chi connectivity index (χ3n) is 2.65. The molecule has 0 fully saturated rings. The highest BCUT2D eigenvalue weighted by Crippen LogP contribution is 2.29. The van der Waals surface area contributed by atoms with Crippen LogP contribution in [0.25, 0.3) is 11.1 Å². The predicted molar refractivity (Wildman–Crippen MR) is 69.6 cm³/mol. The maximum absolute atomic E-state index is 13.5. The molecular formula is C14H12ClF2N. The lowest BCUT2D eigenvalue weighted by atomic mass is 10.0. The van der Waals surface area contributed by atoms with Crippen molar-refractivity contribution in [2.75, 3.05) is 7.05 Å². The summed E-state index contributed by atoms with van der Waals surface area (Å²) in [6.45, 7) is 0.409. The van der Waals surface area contributed by atoms with E-state index in [1.54, 1.807) is 19.2 Å². The van der Waals surface area contributed by atoms with E-state index in [1.165, 1.54) is 24.3 Å². The van der Waals surface area contributed by atoms with E-state index in [0.717, 1.165) is 0 Å². The smallest absolute Gasteiger partial charge is 0.127 e. The Kier molecular flexibility index (Phi) is 3.94. The maximum Gasteiger partial charge on any atom is 0.127 e. The molecular weight excluding hydrogens is 256 g/mol. The van der Waals surface area contributed by atoms with Crippen LogP contribution in [0.1, 0.15) is 5.56 Å². The van der Waals surface area contributed by atoms with E-state index < -0.39 is 0 Å². The van der Waals surface area contributed by atoms with E-state index in [2.05, 4.69) is 5.32 Å². The van der Waals surface area contributed by atoms with Crippen molar-refractivity contribution < 1.29 is 8.78 Å². The lowest BCUT2D eigenvalue weighted by molar-refractivity contribution is 0.601. The molecule has 2 aromatic carbocycles. The number of halogens is 3. The van der Waals surface area contributed by atoms with Crippen LogP contribution in [0.5, 0.6) is 0 Å². The Morgan fingerprint density at radius 3 is 2.61 bits per heavy atom. The Balaban J connectivity index is 2.50. The first-order valence-corrected chi connectivity index (χ1v) is 5.88. The molecule has 0 spiro atoms. The third kappa shape index (κ3) is 2.68. The third-order valence-corrected chi connectivity index (χ3v) is 2.98. The summed E-state index contributed by atoms with van der Waals surface area (Å²) in [4.78, 5) is 0. The molecule has 0 saturated heterocycles. The number of rotatable bonds is 3. The average Bonchev–Trinajstić information content (AvgIpc) is 2.35. The van der Waals surface area contributed by atoms with Crippen molar-refractivity contribution in [1.29, 1.82) is 0 Å². The zero-order valence-corrected chi connectivity index (χ0v) is 10.6. The van der Waals surface area contributed by atoms with Crippen molar-refractivity contribution in [2.45, 2.75) is 6.54 Å². The summed E-state index contributed by atoms with van der Waals surface area (Å²) >= 11 is 6.02. The Morgan fingerprint density at radius 1 is 1.11 bits per heavy atom. The Labute approximate surface area is 109 Å². The second kappa shape index (κ2) is 5.46. The summed E-state index contributed by atoms with van der Waals surface area (Å²) in [5.41, 5.74) is 1.79. The van der Waals surface area contributed by atoms with Gasteiger partial charge in [-0.25, -0.2) is 8.78 Å². The molecule has 1 nitrogen and oxygen atoms in total. The van der Waals surface area contributed by atoms with Gasteiger partial charge in [-0.15, -0.1) is 0 Å². The van der Waals surface area contributed by atoms with Crippen LogP contribution in [-0.4, -0.2) is 7.05 Å². The van der Waals surface area contributed by atoms with Crippen molar-refractivity contribution >= 4 is 11.6 Å². The number of nitrogens with one attached hydrogen (secondary N) is 1. The van der Waals surface area contributed by atoms with Crippen LogP contribution in [0.3, 0.4) is 0 Å². The molecule has 0 unspecified atom stereocenters. The molecule has 0 aliphatic rings. The largest absolute Gasteiger partial charge is 0.316 e. The van der Waals surface area contributed by atoms with Crippen LogP contribution < -0.4 is 5.32 Å². The molecule has 94 valence electrons. The minimum Gasteiger partial charge on any atom is -0.316 e. The van der Waals surface area contributed by atoms with Gasteiger partial charge in [0.05, 0.1) is 0 Å². The van der Waals surface area contributed by atoms with E-state index in [4.69, 9.17) is 11.6 Å². The van der Waals surface area contributed by atoms with E-state index in [0.29, 0.717) is 28.3 Å². The SMILES string of the molecule is CNCc1cc(-c2cc(F)ccc2Cl)ccc1F. The fourth-order valence-electron chi connectivity index (χ4n) is 1.79. The molecule has 0 heterocycles. The second-order valence-corrected chi connectivity index (χ2v) is 4.37. The summed E-state index contributed by atoms with van der Waals surface area (Å²) in [7, 11) is 1.74. The Bertz CT molecular complexity index is 570. The van der Waals surface area contributed by atoms with Gasteiger partial charge in [0.2, 0.25) is 0 Å². The maximum atomic E-state index is 13.5. The molecule has 2 rings (SSSR count). The molecule has 18 heavy (non-hydrogen) atoms. The van der Waals surface area contributed by atoms with Gasteiger partial charge in [0.15, 0.2) is 0 Å². The standard InChI is InChI=1S/C14H12ClF2N/c1-18-8-10-6-9(2-5-14(10)17)12-7-11(16)3-4-13(12)15/h2-7,18H,8H2,1H3. The number of benzene rings is 2. The molecule has 0 aliphatic heterocycles. The fraction of sp³-hybridized carbons (Fsp3) is 0.143. The topological polar surface area (TPSA) is 12.0 Å². The average molecular weight is 268 g/mol. The summed E-state index contributed by atoms with van der Waals surface area (Å²) in [6.07, 6.45) is 0. The summed E-state index contributed by atoms with van der Waals surface area (Å²) in [6, 6.07) is 8.76. The van der Waals surface area contributed by atoms with Gasteiger partial charge in [0.1, 0.15) is 11.6 Å². The van der Waals surface area contributed by atoms with Crippen LogP contribution in [0.2, 0.25) is 5.02 Å². The zero-order chi connectivity index (χ0) is 13.1. The second-order valence-electron chi connectivity index (χ2n) is 3.96. The highest BCUT2D eigenvalue weighted by Gasteiger charge is 2.08. The van der Waals surface area contributed by atoms with Crippen molar-refractivity contribution in [2.24, 2.45) is 0 Å². The van der Waals surface area contributed by atoms with Gasteiger partial charge in [0.25, 0.3) is 0 Å². The van der Waals surface area contributed by atoms with Gasteiger partial charge in [-0.2, -0.15) is 0 Å². The minimum absolute atomic E-state index is 0.291. The zero-order valence-electron chi connectivity index (χ0n) is 9.81. The fourth-order valence-corrected chi connectivity index (χ4v) is 2.01. The molecule has 0 aromatic heterocycles. The molecule has 0 saturated carbocycles. The van der Waals surface area contributed by atoms with Crippen LogP contribution in [0.15, 0.2) is 36.4 Å². The molecule has 1 N–H and O–H groups in total. The lowest BCUT2D eigenvalue weighted by Crippen LogP contribution is -2.07. The van der Waals surface area contributed by atoms with Gasteiger partial charge >= 0.3 is 0 Å². The lowest BCUT2D eigenvalue weighted by Gasteiger charge is -2.08. The number of hydrogen-bond donors (Lipinski definition) is 1. The molecule has 0 radical (unpaired) electrons. The van der Waals surface area contributed by atoms with Crippen LogP contribution in [0.4, 0.5) is 8.78 Å². The first kappa shape index (κ1) is 13.0. The van der Waals surface area contributed by atoms with E-state index in [-0.39, 0.29) is 11.6 Å². The Morgan fingerprint density at radius 2 is 1.89 bits per heavy atom. The van der Waals surface area contributed by atoms with Crippen molar-refractivity contribution in [1.82, 2.24) is 5.32 Å². The minimum atomic E-state index is -0.367. The predicted octanol–water partition coefficient (Wildman–Crippen LogP) is 4.00. The highest BCUT2D eigenvalue weighted by molar-refractivity contribution is 6.33. The monoisotopic (exact) mass is 267 g/mol. The Hall–Kier alpha value is -1.45. The van der Waals surface area contributed by atoms with Gasteiger partial charge in [-0.05, 0) is 42.9 Å². The quantitative estimate of drug-likeness (QED) is 0.886. The molecule has 0 atom stereocenters. The van der Waals surface area contributed by atoms with Gasteiger partial charge < -0.3 is 5.32 Å². The van der Waals surface area contributed by atoms with Crippen molar-refractivity contribution in [3.05, 3.63) is 58.6 Å². The normalized spacial score (nSPS) is 10.7. The first-order valence-electron chi connectivity index (χ1n) is 5.50. The molecule has 2 aromatic rings. The van der Waals surface area contributed by atoms with E-state index >= 15 is 0 Å². The van der Waals surface area contributed by atoms with E-state index in [1.807, 2.05) is 0 Å². The van der Waals surface area contributed by atoms with Crippen molar-refractivity contribution in [3.63, 3.8) is 0 Å². The van der Waals surface area contributed by atoms with Gasteiger partial charge in [-0.3, -0.25) is 0 Å². The summed E-state index contributed by atoms with van der Waals surface area (Å²) in [5, 5.41) is 3.33. The molecule has 0 bridgehead atoms. The van der Waals surface area contributed by atoms with E-state index in [9.17, 15) is 8.78 Å². The highest BCUT2D eigenvalue weighted by atomic mass is 35.5. The van der Waals surface area contributed by atoms with Crippen LogP contribution >= 0.6 is 11.6 Å². The van der Waals surface area contributed by atoms with Crippen LogP contribution in [-0.2, 0) is 6.54 Å². The molecule has 0 aliphatic carbocycles.